The molecular formula is C17H13BrN2O2. The fraction of sp³-hybridized carbons (Fsp3) is 0.0588. The minimum Gasteiger partial charge on any atom is -0.338 e. The molecule has 0 saturated heterocycles. The Labute approximate surface area is 136 Å². The van der Waals surface area contributed by atoms with Crippen LogP contribution < -0.4 is 5.32 Å². The van der Waals surface area contributed by atoms with Gasteiger partial charge in [-0.05, 0) is 30.7 Å². The molecule has 0 aliphatic heterocycles. The molecule has 0 bridgehead atoms. The van der Waals surface area contributed by atoms with Crippen molar-refractivity contribution in [2.75, 3.05) is 5.32 Å². The van der Waals surface area contributed by atoms with Crippen molar-refractivity contribution in [2.24, 2.45) is 0 Å². The lowest BCUT2D eigenvalue weighted by atomic mass is 10.1. The monoisotopic (exact) mass is 356 g/mol. The summed E-state index contributed by atoms with van der Waals surface area (Å²) in [6.45, 7) is 1.89. The van der Waals surface area contributed by atoms with Gasteiger partial charge in [0.25, 0.3) is 5.91 Å². The van der Waals surface area contributed by atoms with Gasteiger partial charge in [0.1, 0.15) is 5.69 Å². The smallest absolute Gasteiger partial charge is 0.258 e. The summed E-state index contributed by atoms with van der Waals surface area (Å²) < 4.78 is 6.18. The van der Waals surface area contributed by atoms with Crippen LogP contribution in [0.15, 0.2) is 63.6 Å². The van der Waals surface area contributed by atoms with Crippen molar-refractivity contribution in [2.45, 2.75) is 6.92 Å². The van der Waals surface area contributed by atoms with Gasteiger partial charge in [0.2, 0.25) is 5.88 Å². The summed E-state index contributed by atoms with van der Waals surface area (Å²) in [4.78, 5) is 12.2. The normalized spacial score (nSPS) is 10.5. The Kier molecular flexibility index (Phi) is 4.06. The van der Waals surface area contributed by atoms with E-state index in [0.29, 0.717) is 17.1 Å². The minimum absolute atomic E-state index is 0.211. The van der Waals surface area contributed by atoms with E-state index in [9.17, 15) is 4.79 Å². The number of halogens is 1. The van der Waals surface area contributed by atoms with E-state index in [2.05, 4.69) is 26.4 Å². The van der Waals surface area contributed by atoms with Crippen molar-refractivity contribution >= 4 is 27.7 Å². The number of aryl methyl sites for hydroxylation is 1. The van der Waals surface area contributed by atoms with Gasteiger partial charge >= 0.3 is 0 Å². The van der Waals surface area contributed by atoms with Crippen LogP contribution in [0.25, 0.3) is 11.3 Å². The van der Waals surface area contributed by atoms with Crippen molar-refractivity contribution in [1.82, 2.24) is 5.16 Å². The Morgan fingerprint density at radius 3 is 2.59 bits per heavy atom. The largest absolute Gasteiger partial charge is 0.338 e. The Morgan fingerprint density at radius 2 is 1.86 bits per heavy atom. The van der Waals surface area contributed by atoms with Crippen LogP contribution in [0, 0.1) is 6.92 Å². The number of nitrogens with zero attached hydrogens (tertiary/aromatic N) is 1. The number of rotatable bonds is 3. The van der Waals surface area contributed by atoms with Crippen LogP contribution in [0.2, 0.25) is 0 Å². The molecule has 22 heavy (non-hydrogen) atoms. The number of benzene rings is 2. The molecule has 110 valence electrons. The van der Waals surface area contributed by atoms with Crippen LogP contribution in [0.1, 0.15) is 15.9 Å². The zero-order valence-electron chi connectivity index (χ0n) is 11.8. The van der Waals surface area contributed by atoms with Crippen LogP contribution >= 0.6 is 15.9 Å². The third-order valence-electron chi connectivity index (χ3n) is 3.28. The summed E-state index contributed by atoms with van der Waals surface area (Å²) in [7, 11) is 0. The van der Waals surface area contributed by atoms with E-state index < -0.39 is 0 Å². The Hall–Kier alpha value is -2.40. The first-order chi connectivity index (χ1) is 10.6. The standard InChI is InChI=1S/C17H13BrN2O2/c1-11-4-2-3-5-14(11)17(21)19-16-10-15(20-22-16)12-6-8-13(18)9-7-12/h2-10H,1H3,(H,19,21). The molecule has 0 aliphatic carbocycles. The molecule has 2 aromatic carbocycles. The molecule has 3 rings (SSSR count). The highest BCUT2D eigenvalue weighted by Crippen LogP contribution is 2.24. The minimum atomic E-state index is -0.211. The van der Waals surface area contributed by atoms with Gasteiger partial charge < -0.3 is 4.52 Å². The molecule has 0 aliphatic rings. The number of hydrogen-bond donors (Lipinski definition) is 1. The topological polar surface area (TPSA) is 55.1 Å². The quantitative estimate of drug-likeness (QED) is 0.741. The molecule has 0 spiro atoms. The Balaban J connectivity index is 1.78. The van der Waals surface area contributed by atoms with Gasteiger partial charge in [-0.1, -0.05) is 51.4 Å². The maximum absolute atomic E-state index is 12.2. The summed E-state index contributed by atoms with van der Waals surface area (Å²) in [6, 6.07) is 16.8. The zero-order chi connectivity index (χ0) is 15.5. The molecule has 0 saturated carbocycles. The molecule has 0 radical (unpaired) electrons. The maximum Gasteiger partial charge on any atom is 0.258 e. The molecule has 0 unspecified atom stereocenters. The van der Waals surface area contributed by atoms with Crippen LogP contribution in [0.4, 0.5) is 5.88 Å². The fourth-order valence-corrected chi connectivity index (χ4v) is 2.36. The van der Waals surface area contributed by atoms with Crippen molar-refractivity contribution in [3.05, 3.63) is 70.2 Å². The first-order valence-electron chi connectivity index (χ1n) is 6.73. The number of carbonyl (C=O) groups excluding carboxylic acids is 1. The fourth-order valence-electron chi connectivity index (χ4n) is 2.10. The number of aromatic nitrogens is 1. The number of carbonyl (C=O) groups is 1. The molecule has 0 atom stereocenters. The summed E-state index contributed by atoms with van der Waals surface area (Å²) in [5.41, 5.74) is 3.12. The Bertz CT molecular complexity index is 810. The first kappa shape index (κ1) is 14.5. The van der Waals surface area contributed by atoms with Gasteiger partial charge in [-0.3, -0.25) is 10.1 Å². The number of anilines is 1. The molecular weight excluding hydrogens is 344 g/mol. The summed E-state index contributed by atoms with van der Waals surface area (Å²) in [6.07, 6.45) is 0. The number of amides is 1. The average molecular weight is 357 g/mol. The van der Waals surface area contributed by atoms with Crippen molar-refractivity contribution in [3.63, 3.8) is 0 Å². The van der Waals surface area contributed by atoms with Crippen molar-refractivity contribution in [1.29, 1.82) is 0 Å². The third-order valence-corrected chi connectivity index (χ3v) is 3.81. The highest BCUT2D eigenvalue weighted by Gasteiger charge is 2.12. The van der Waals surface area contributed by atoms with Gasteiger partial charge in [-0.25, -0.2) is 0 Å². The van der Waals surface area contributed by atoms with Crippen LogP contribution in [-0.2, 0) is 0 Å². The molecule has 0 fully saturated rings. The number of nitrogens with one attached hydrogen (secondary N) is 1. The molecule has 3 aromatic rings. The lowest BCUT2D eigenvalue weighted by Crippen LogP contribution is -2.12. The van der Waals surface area contributed by atoms with Crippen LogP contribution in [0.5, 0.6) is 0 Å². The van der Waals surface area contributed by atoms with E-state index in [0.717, 1.165) is 15.6 Å². The van der Waals surface area contributed by atoms with E-state index in [1.807, 2.05) is 49.4 Å². The molecule has 1 N–H and O–H groups in total. The lowest BCUT2D eigenvalue weighted by molar-refractivity contribution is 0.102. The second kappa shape index (κ2) is 6.15. The Morgan fingerprint density at radius 1 is 1.14 bits per heavy atom. The predicted octanol–water partition coefficient (Wildman–Crippen LogP) is 4.66. The molecule has 1 aromatic heterocycles. The van der Waals surface area contributed by atoms with Gasteiger partial charge in [0.15, 0.2) is 0 Å². The van der Waals surface area contributed by atoms with Gasteiger partial charge in [0.05, 0.1) is 0 Å². The average Bonchev–Trinajstić information content (AvgIpc) is 2.97. The molecule has 1 amide bonds. The van der Waals surface area contributed by atoms with Crippen molar-refractivity contribution < 1.29 is 9.32 Å². The lowest BCUT2D eigenvalue weighted by Gasteiger charge is -2.03. The van der Waals surface area contributed by atoms with Crippen LogP contribution in [-0.4, -0.2) is 11.1 Å². The zero-order valence-corrected chi connectivity index (χ0v) is 13.4. The maximum atomic E-state index is 12.2. The second-order valence-corrected chi connectivity index (χ2v) is 5.77. The highest BCUT2D eigenvalue weighted by atomic mass is 79.9. The van der Waals surface area contributed by atoms with E-state index >= 15 is 0 Å². The predicted molar refractivity (Wildman–Crippen MR) is 88.8 cm³/mol. The molecule has 5 heteroatoms. The first-order valence-corrected chi connectivity index (χ1v) is 7.52. The molecule has 4 nitrogen and oxygen atoms in total. The summed E-state index contributed by atoms with van der Waals surface area (Å²) in [5.74, 6) is 0.114. The molecule has 1 heterocycles. The van der Waals surface area contributed by atoms with Gasteiger partial charge in [-0.15, -0.1) is 0 Å². The third kappa shape index (κ3) is 3.09. The second-order valence-electron chi connectivity index (χ2n) is 4.85. The van der Waals surface area contributed by atoms with E-state index in [4.69, 9.17) is 4.52 Å². The SMILES string of the molecule is Cc1ccccc1C(=O)Nc1cc(-c2ccc(Br)cc2)no1. The van der Waals surface area contributed by atoms with Gasteiger partial charge in [-0.2, -0.15) is 0 Å². The highest BCUT2D eigenvalue weighted by molar-refractivity contribution is 9.10. The summed E-state index contributed by atoms with van der Waals surface area (Å²) >= 11 is 3.39. The van der Waals surface area contributed by atoms with Gasteiger partial charge in [0, 0.05) is 21.7 Å². The van der Waals surface area contributed by atoms with E-state index in [1.165, 1.54) is 0 Å². The summed E-state index contributed by atoms with van der Waals surface area (Å²) in [5, 5.41) is 6.70. The van der Waals surface area contributed by atoms with Crippen LogP contribution in [0.3, 0.4) is 0 Å². The van der Waals surface area contributed by atoms with Crippen molar-refractivity contribution in [3.8, 4) is 11.3 Å². The number of hydrogen-bond acceptors (Lipinski definition) is 3. The van der Waals surface area contributed by atoms with E-state index in [-0.39, 0.29) is 5.91 Å². The van der Waals surface area contributed by atoms with E-state index in [1.54, 1.807) is 12.1 Å².